The molecule has 23 rings (SSSR count). The molecule has 0 bridgehead atoms. The molecule has 0 fully saturated rings. The first-order chi connectivity index (χ1) is 55.3. The lowest BCUT2D eigenvalue weighted by atomic mass is 9.35. The largest absolute Gasteiger partial charge is 0.309 e. The molecule has 0 saturated carbocycles. The van der Waals surface area contributed by atoms with Crippen LogP contribution in [0.1, 0.15) is 16.7 Å². The van der Waals surface area contributed by atoms with E-state index in [-0.39, 0.29) is 6.71 Å². The summed E-state index contributed by atoms with van der Waals surface area (Å²) in [6, 6.07) is 141. The normalized spacial score (nSPS) is 12.1. The van der Waals surface area contributed by atoms with Crippen molar-refractivity contribution in [2.75, 3.05) is 0 Å². The molecule has 0 N–H and O–H groups in total. The van der Waals surface area contributed by atoms with E-state index in [9.17, 15) is 0 Å². The fourth-order valence-electron chi connectivity index (χ4n) is 19.5. The smallest absolute Gasteiger partial charge is 0.242 e. The van der Waals surface area contributed by atoms with Gasteiger partial charge >= 0.3 is 0 Å². The van der Waals surface area contributed by atoms with Gasteiger partial charge < -0.3 is 27.4 Å². The van der Waals surface area contributed by atoms with E-state index in [0.29, 0.717) is 0 Å². The van der Waals surface area contributed by atoms with Gasteiger partial charge in [0.15, 0.2) is 0 Å². The van der Waals surface area contributed by atoms with Crippen LogP contribution < -0.4 is 16.4 Å². The molecule has 0 aliphatic carbocycles. The second-order valence-corrected chi connectivity index (χ2v) is 30.6. The minimum absolute atomic E-state index is 0.121. The summed E-state index contributed by atoms with van der Waals surface area (Å²) in [6.45, 7) is 6.73. The van der Waals surface area contributed by atoms with E-state index >= 15 is 0 Å². The number of aromatic nitrogens is 6. The average molecular weight is 1430 g/mol. The monoisotopic (exact) mass is 1430 g/mol. The first kappa shape index (κ1) is 63.7. The molecule has 112 heavy (non-hydrogen) atoms. The number of aryl methyl sites for hydroxylation is 3. The van der Waals surface area contributed by atoms with Crippen LogP contribution in [-0.4, -0.2) is 34.1 Å². The van der Waals surface area contributed by atoms with E-state index < -0.39 is 0 Å². The zero-order valence-electron chi connectivity index (χ0n) is 62.1. The van der Waals surface area contributed by atoms with Crippen LogP contribution in [0.2, 0.25) is 0 Å². The molecule has 17 aromatic carbocycles. The van der Waals surface area contributed by atoms with Crippen molar-refractivity contribution in [3.8, 4) is 56.4 Å². The lowest BCUT2D eigenvalue weighted by Gasteiger charge is -2.23. The number of fused-ring (bicyclic) bond motifs is 18. The quantitative estimate of drug-likeness (QED) is 0.116. The van der Waals surface area contributed by atoms with Gasteiger partial charge in [0, 0.05) is 98.8 Å². The summed E-state index contributed by atoms with van der Waals surface area (Å²) in [4.78, 5) is 0. The highest BCUT2D eigenvalue weighted by atomic mass is 15.0. The van der Waals surface area contributed by atoms with Gasteiger partial charge in [-0.15, -0.1) is 0 Å². The number of hydrogen-bond acceptors (Lipinski definition) is 0. The Hall–Kier alpha value is -14.4. The van der Waals surface area contributed by atoms with Gasteiger partial charge in [-0.05, 0) is 201 Å². The molecule has 0 spiro atoms. The zero-order valence-corrected chi connectivity index (χ0v) is 62.1. The molecule has 0 saturated heterocycles. The van der Waals surface area contributed by atoms with Gasteiger partial charge in [0.2, 0.25) is 6.71 Å². The first-order valence-electron chi connectivity index (χ1n) is 38.9. The second-order valence-electron chi connectivity index (χ2n) is 30.6. The summed E-state index contributed by atoms with van der Waals surface area (Å²) in [5.41, 5.74) is 33.2. The molecule has 0 radical (unpaired) electrons. The fraction of sp³-hybridized carbons (Fsp3) is 0.0286. The lowest BCUT2D eigenvalue weighted by Crippen LogP contribution is -2.54. The van der Waals surface area contributed by atoms with Crippen molar-refractivity contribution in [2.45, 2.75) is 20.8 Å². The summed E-state index contributed by atoms with van der Waals surface area (Å²) >= 11 is 0. The maximum absolute atomic E-state index is 2.52. The Morgan fingerprint density at radius 1 is 0.170 bits per heavy atom. The maximum Gasteiger partial charge on any atom is 0.242 e. The minimum atomic E-state index is -0.121. The number of benzene rings is 17. The van der Waals surface area contributed by atoms with Crippen molar-refractivity contribution in [1.29, 1.82) is 0 Å². The highest BCUT2D eigenvalue weighted by molar-refractivity contribution is 6.96. The molecule has 0 aliphatic heterocycles. The van der Waals surface area contributed by atoms with Gasteiger partial charge in [-0.1, -0.05) is 251 Å². The molecule has 6 heterocycles. The first-order valence-corrected chi connectivity index (χ1v) is 38.9. The Morgan fingerprint density at radius 3 is 0.795 bits per heavy atom. The van der Waals surface area contributed by atoms with Gasteiger partial charge in [0.1, 0.15) is 0 Å². The highest BCUT2D eigenvalue weighted by Crippen LogP contribution is 2.45. The number of nitrogens with zero attached hydrogens (tertiary/aromatic N) is 6. The molecular weight excluding hydrogens is 1360 g/mol. The Balaban J connectivity index is 0.677. The third-order valence-electron chi connectivity index (χ3n) is 24.1. The third kappa shape index (κ3) is 9.66. The molecule has 524 valence electrons. The van der Waals surface area contributed by atoms with Gasteiger partial charge in [-0.25, -0.2) is 0 Å². The average Bonchev–Trinajstić information content (AvgIpc) is 1.56. The van der Waals surface area contributed by atoms with Crippen LogP contribution in [-0.2, 0) is 0 Å². The third-order valence-corrected chi connectivity index (χ3v) is 24.1. The molecular formula is C105H71BN6. The summed E-state index contributed by atoms with van der Waals surface area (Å²) in [7, 11) is 0. The van der Waals surface area contributed by atoms with Gasteiger partial charge in [0.25, 0.3) is 0 Å². The predicted octanol–water partition coefficient (Wildman–Crippen LogP) is 25.0. The van der Waals surface area contributed by atoms with Crippen molar-refractivity contribution in [2.24, 2.45) is 0 Å². The van der Waals surface area contributed by atoms with Crippen LogP contribution >= 0.6 is 0 Å². The van der Waals surface area contributed by atoms with Gasteiger partial charge in [-0.2, -0.15) is 0 Å². The highest BCUT2D eigenvalue weighted by Gasteiger charge is 2.29. The SMILES string of the molecule is Cc1cc(C)c(B(c2cccc(-n3c4ccccc4c4cc5c(cc43)c3ccccc3n5-c3ccc4c(c3)c3cc(-c5ccccc5)ccc3n4-c3ccccc3)c2)c2cccc(-n3c4ccccc4c4cc5c(cc43)c3ccccc3n5-c3ccc4c(c3)c3cc(-c5ccccc5)ccc3n4-c3ccccc3)c2)c(C)c1. The topological polar surface area (TPSA) is 29.6 Å². The van der Waals surface area contributed by atoms with Crippen molar-refractivity contribution < 1.29 is 0 Å². The Bertz CT molecular complexity index is 7380. The molecule has 0 atom stereocenters. The van der Waals surface area contributed by atoms with E-state index in [0.717, 1.165) is 34.1 Å². The van der Waals surface area contributed by atoms with Crippen LogP contribution in [0.25, 0.3) is 187 Å². The van der Waals surface area contributed by atoms with Gasteiger partial charge in [-0.3, -0.25) is 0 Å². The Morgan fingerprint density at radius 2 is 0.438 bits per heavy atom. The minimum Gasteiger partial charge on any atom is -0.309 e. The lowest BCUT2D eigenvalue weighted by molar-refractivity contribution is 1.16. The molecule has 6 aromatic heterocycles. The molecule has 0 aliphatic rings. The second kappa shape index (κ2) is 24.8. The van der Waals surface area contributed by atoms with E-state index in [1.807, 2.05) is 0 Å². The van der Waals surface area contributed by atoms with E-state index in [2.05, 4.69) is 424 Å². The van der Waals surface area contributed by atoms with Crippen LogP contribution in [0.4, 0.5) is 0 Å². The van der Waals surface area contributed by atoms with E-state index in [1.54, 1.807) is 0 Å². The fourth-order valence-corrected chi connectivity index (χ4v) is 19.5. The number of para-hydroxylation sites is 6. The van der Waals surface area contributed by atoms with Crippen LogP contribution in [0.3, 0.4) is 0 Å². The van der Waals surface area contributed by atoms with Crippen LogP contribution in [0.15, 0.2) is 376 Å². The van der Waals surface area contributed by atoms with E-state index in [1.165, 1.54) is 186 Å². The van der Waals surface area contributed by atoms with E-state index in [4.69, 9.17) is 0 Å². The van der Waals surface area contributed by atoms with Crippen molar-refractivity contribution in [3.05, 3.63) is 393 Å². The summed E-state index contributed by atoms with van der Waals surface area (Å²) in [6.07, 6.45) is 0. The Labute approximate surface area is 647 Å². The molecule has 6 nitrogen and oxygen atoms in total. The van der Waals surface area contributed by atoms with Crippen LogP contribution in [0, 0.1) is 20.8 Å². The number of hydrogen-bond donors (Lipinski definition) is 0. The van der Waals surface area contributed by atoms with Crippen molar-refractivity contribution in [3.63, 3.8) is 0 Å². The van der Waals surface area contributed by atoms with Crippen molar-refractivity contribution in [1.82, 2.24) is 27.4 Å². The van der Waals surface area contributed by atoms with Crippen LogP contribution in [0.5, 0.6) is 0 Å². The summed E-state index contributed by atoms with van der Waals surface area (Å²) in [5.74, 6) is 0. The molecule has 23 aromatic rings. The summed E-state index contributed by atoms with van der Waals surface area (Å²) < 4.78 is 14.9. The Kier molecular flexibility index (Phi) is 14.1. The predicted molar refractivity (Wildman–Crippen MR) is 475 cm³/mol. The standard InChI is InChI=1S/C105H71BN6/c1-66-54-67(2)105(68(3)55-66)106(73-30-24-36-77(58-73)109-93-42-20-16-38-81(93)89-64-103-91(62-101(89)109)83-40-18-22-44-95(83)111(103)79-48-52-99-87(60-79)85-56-71(69-26-8-4-9-27-69)46-50-97(85)107(99)75-32-12-6-13-33-75)74-31-25-37-78(59-74)110-94-43-21-17-39-82(94)90-65-104-92(63-102(90)110)84-41-19-23-45-96(84)112(104)80-49-53-100-88(61-80)86-57-72(70-28-10-5-11-29-70)47-51-98(86)108(100)76-34-14-7-15-35-76/h4-65H,1-3H3. The molecule has 0 amide bonds. The van der Waals surface area contributed by atoms with Gasteiger partial charge in [0.05, 0.1) is 66.2 Å². The molecule has 0 unspecified atom stereocenters. The molecule has 7 heteroatoms. The zero-order chi connectivity index (χ0) is 74.0. The summed E-state index contributed by atoms with van der Waals surface area (Å²) in [5, 5.41) is 14.5. The maximum atomic E-state index is 2.52. The number of rotatable bonds is 11. The van der Waals surface area contributed by atoms with Crippen molar-refractivity contribution >= 4 is 154 Å².